The summed E-state index contributed by atoms with van der Waals surface area (Å²) in [7, 11) is 0. The minimum atomic E-state index is -0.804. The smallest absolute Gasteiger partial charge is 0.343 e. The molecule has 3 amide bonds. The molecule has 1 heterocycles. The van der Waals surface area contributed by atoms with Crippen LogP contribution in [0.5, 0.6) is 5.75 Å². The van der Waals surface area contributed by atoms with Crippen LogP contribution in [-0.4, -0.2) is 55.7 Å². The fourth-order valence-electron chi connectivity index (χ4n) is 5.04. The van der Waals surface area contributed by atoms with Crippen LogP contribution in [0.2, 0.25) is 10.0 Å². The third-order valence-electron chi connectivity index (χ3n) is 7.29. The number of hydrazine groups is 1. The zero-order chi connectivity index (χ0) is 31.0. The lowest BCUT2D eigenvalue weighted by molar-refractivity contribution is -0.154. The molecule has 5 rings (SSSR count). The molecule has 2 aliphatic rings. The SMILES string of the molecule is O=C(CN(C(=O)c1ccc(Cl)cc1Cl)N1C(=O)[C@H]2C[C@H](Br)[C@@H](Br)C[C@H]2C1=O)c1ccc(OC(=O)c2ccc(Br)cc2)cc1. The number of nitrogens with zero attached hydrogens (tertiary/aromatic N) is 2. The van der Waals surface area contributed by atoms with Gasteiger partial charge in [-0.15, -0.1) is 0 Å². The highest BCUT2D eigenvalue weighted by Gasteiger charge is 2.54. The Morgan fingerprint density at radius 1 is 0.837 bits per heavy atom. The summed E-state index contributed by atoms with van der Waals surface area (Å²) < 4.78 is 6.21. The van der Waals surface area contributed by atoms with Gasteiger partial charge < -0.3 is 4.74 Å². The lowest BCUT2D eigenvalue weighted by Crippen LogP contribution is -2.52. The molecule has 8 nitrogen and oxygen atoms in total. The number of halogens is 5. The van der Waals surface area contributed by atoms with Crippen molar-refractivity contribution in [3.8, 4) is 5.75 Å². The molecule has 3 aromatic carbocycles. The average molecular weight is 816 g/mol. The predicted molar refractivity (Wildman–Crippen MR) is 171 cm³/mol. The lowest BCUT2D eigenvalue weighted by atomic mass is 9.81. The van der Waals surface area contributed by atoms with E-state index in [2.05, 4.69) is 47.8 Å². The number of benzene rings is 3. The maximum atomic E-state index is 13.8. The summed E-state index contributed by atoms with van der Waals surface area (Å²) in [6.45, 7) is -0.623. The van der Waals surface area contributed by atoms with Crippen molar-refractivity contribution in [2.45, 2.75) is 22.5 Å². The first-order valence-corrected chi connectivity index (χ1v) is 16.4. The maximum absolute atomic E-state index is 13.8. The van der Waals surface area contributed by atoms with Crippen LogP contribution in [0.25, 0.3) is 0 Å². The molecule has 3 aromatic rings. The van der Waals surface area contributed by atoms with E-state index in [9.17, 15) is 24.0 Å². The molecule has 222 valence electrons. The van der Waals surface area contributed by atoms with Gasteiger partial charge in [-0.05, 0) is 79.6 Å². The van der Waals surface area contributed by atoms with Crippen LogP contribution in [0.15, 0.2) is 71.2 Å². The van der Waals surface area contributed by atoms with E-state index in [1.807, 2.05) is 0 Å². The molecule has 0 aromatic heterocycles. The fourth-order valence-corrected chi connectivity index (χ4v) is 7.03. The molecule has 2 fully saturated rings. The fraction of sp³-hybridized carbons (Fsp3) is 0.233. The summed E-state index contributed by atoms with van der Waals surface area (Å²) in [6.07, 6.45) is 0.777. The number of carbonyl (C=O) groups excluding carboxylic acids is 5. The van der Waals surface area contributed by atoms with Crippen LogP contribution in [0.4, 0.5) is 0 Å². The van der Waals surface area contributed by atoms with Crippen molar-refractivity contribution in [2.24, 2.45) is 11.8 Å². The Bertz CT molecular complexity index is 1590. The number of carbonyl (C=O) groups is 5. The standard InChI is InChI=1S/C30H21Br3Cl2N2O6/c31-17-5-1-16(2-6-17)30(42)43-19-8-3-15(4-9-19)26(38)14-36(27(39)20-10-7-18(34)11-25(20)35)37-28(40)21-12-23(32)24(33)13-22(21)29(37)41/h1-11,21-24H,12-14H2/t21-,22+,23-,24-/m0/s1. The number of fused-ring (bicyclic) bond motifs is 1. The average Bonchev–Trinajstić information content (AvgIpc) is 3.20. The number of ketones is 1. The number of amides is 3. The van der Waals surface area contributed by atoms with E-state index in [4.69, 9.17) is 27.9 Å². The lowest BCUT2D eigenvalue weighted by Gasteiger charge is -2.30. The Balaban J connectivity index is 1.40. The minimum absolute atomic E-state index is 0.00412. The van der Waals surface area contributed by atoms with Gasteiger partial charge in [-0.1, -0.05) is 71.0 Å². The number of ether oxygens (including phenoxy) is 1. The van der Waals surface area contributed by atoms with Crippen molar-refractivity contribution >= 4 is 100 Å². The number of imide groups is 1. The summed E-state index contributed by atoms with van der Waals surface area (Å²) in [4.78, 5) is 66.8. The highest BCUT2D eigenvalue weighted by Crippen LogP contribution is 2.44. The van der Waals surface area contributed by atoms with E-state index in [0.29, 0.717) is 18.4 Å². The first kappa shape index (κ1) is 31.8. The molecule has 1 aliphatic heterocycles. The van der Waals surface area contributed by atoms with Crippen LogP contribution >= 0.6 is 71.0 Å². The van der Waals surface area contributed by atoms with E-state index >= 15 is 0 Å². The zero-order valence-corrected chi connectivity index (χ0v) is 28.3. The molecule has 0 spiro atoms. The van der Waals surface area contributed by atoms with Gasteiger partial charge in [-0.25, -0.2) is 9.80 Å². The van der Waals surface area contributed by atoms with E-state index in [1.54, 1.807) is 24.3 Å². The Kier molecular flexibility index (Phi) is 9.77. The molecule has 0 N–H and O–H groups in total. The molecule has 0 radical (unpaired) electrons. The molecule has 13 heteroatoms. The summed E-state index contributed by atoms with van der Waals surface area (Å²) in [5.74, 6) is -4.13. The van der Waals surface area contributed by atoms with Crippen molar-refractivity contribution in [1.82, 2.24) is 10.0 Å². The van der Waals surface area contributed by atoms with Gasteiger partial charge in [0.2, 0.25) is 0 Å². The van der Waals surface area contributed by atoms with E-state index in [0.717, 1.165) is 14.5 Å². The second-order valence-corrected chi connectivity index (χ2v) is 14.1. The van der Waals surface area contributed by atoms with Gasteiger partial charge in [-0.2, -0.15) is 5.01 Å². The molecule has 1 aliphatic carbocycles. The Hall–Kier alpha value is -2.57. The Morgan fingerprint density at radius 3 is 1.95 bits per heavy atom. The van der Waals surface area contributed by atoms with Gasteiger partial charge in [0.1, 0.15) is 12.3 Å². The first-order valence-electron chi connectivity index (χ1n) is 13.0. The molecular weight excluding hydrogens is 795 g/mol. The van der Waals surface area contributed by atoms with E-state index in [1.165, 1.54) is 42.5 Å². The third kappa shape index (κ3) is 6.76. The Labute approximate surface area is 282 Å². The second-order valence-electron chi connectivity index (χ2n) is 10.0. The molecule has 4 atom stereocenters. The van der Waals surface area contributed by atoms with Gasteiger partial charge >= 0.3 is 5.97 Å². The van der Waals surface area contributed by atoms with Gasteiger partial charge in [0.25, 0.3) is 17.7 Å². The van der Waals surface area contributed by atoms with Crippen molar-refractivity contribution in [2.75, 3.05) is 6.54 Å². The highest BCUT2D eigenvalue weighted by molar-refractivity contribution is 9.12. The van der Waals surface area contributed by atoms with Crippen LogP contribution in [-0.2, 0) is 9.59 Å². The van der Waals surface area contributed by atoms with E-state index in [-0.39, 0.29) is 36.6 Å². The highest BCUT2D eigenvalue weighted by atomic mass is 79.9. The number of alkyl halides is 2. The number of hydrogen-bond acceptors (Lipinski definition) is 6. The number of Topliss-reactive ketones (excluding diaryl/α,β-unsaturated/α-hetero) is 1. The topological polar surface area (TPSA) is 101 Å². The molecular formula is C30H21Br3Cl2N2O6. The largest absolute Gasteiger partial charge is 0.423 e. The number of esters is 1. The Morgan fingerprint density at radius 2 is 1.40 bits per heavy atom. The second kappa shape index (κ2) is 13.2. The molecule has 43 heavy (non-hydrogen) atoms. The van der Waals surface area contributed by atoms with Crippen molar-refractivity contribution in [3.63, 3.8) is 0 Å². The minimum Gasteiger partial charge on any atom is -0.423 e. The van der Waals surface area contributed by atoms with Gasteiger partial charge in [0, 0.05) is 24.7 Å². The van der Waals surface area contributed by atoms with Gasteiger partial charge in [-0.3, -0.25) is 19.2 Å². The molecule has 1 saturated carbocycles. The number of hydrogen-bond donors (Lipinski definition) is 0. The van der Waals surface area contributed by atoms with Gasteiger partial charge in [0.15, 0.2) is 5.78 Å². The summed E-state index contributed by atoms with van der Waals surface area (Å²) >= 11 is 22.7. The van der Waals surface area contributed by atoms with Crippen LogP contribution in [0, 0.1) is 11.8 Å². The van der Waals surface area contributed by atoms with Crippen LogP contribution in [0.3, 0.4) is 0 Å². The zero-order valence-electron chi connectivity index (χ0n) is 22.0. The third-order valence-corrected chi connectivity index (χ3v) is 11.1. The maximum Gasteiger partial charge on any atom is 0.343 e. The summed E-state index contributed by atoms with van der Waals surface area (Å²) in [5, 5.41) is 1.94. The normalized spacial score (nSPS) is 21.4. The van der Waals surface area contributed by atoms with Crippen molar-refractivity contribution in [3.05, 3.63) is 97.9 Å². The number of rotatable bonds is 7. The predicted octanol–water partition coefficient (Wildman–Crippen LogP) is 7.14. The monoisotopic (exact) mass is 812 g/mol. The van der Waals surface area contributed by atoms with E-state index < -0.39 is 47.9 Å². The first-order chi connectivity index (χ1) is 20.4. The quantitative estimate of drug-likeness (QED) is 0.0828. The van der Waals surface area contributed by atoms with Crippen LogP contribution < -0.4 is 4.74 Å². The van der Waals surface area contributed by atoms with Gasteiger partial charge in [0.05, 0.1) is 28.0 Å². The molecule has 0 unspecified atom stereocenters. The molecule has 1 saturated heterocycles. The van der Waals surface area contributed by atoms with Crippen molar-refractivity contribution in [1.29, 1.82) is 0 Å². The summed E-state index contributed by atoms with van der Waals surface area (Å²) in [6, 6.07) is 16.6. The van der Waals surface area contributed by atoms with Crippen molar-refractivity contribution < 1.29 is 28.7 Å². The summed E-state index contributed by atoms with van der Waals surface area (Å²) in [5.41, 5.74) is 0.485. The van der Waals surface area contributed by atoms with Crippen LogP contribution in [0.1, 0.15) is 43.9 Å². The molecule has 0 bridgehead atoms.